The molecular weight excluding hydrogens is 232 g/mol. The maximum atomic E-state index is 4.42. The highest BCUT2D eigenvalue weighted by atomic mass is 32.1. The van der Waals surface area contributed by atoms with Crippen LogP contribution < -0.4 is 5.32 Å². The average Bonchev–Trinajstić information content (AvgIpc) is 2.94. The summed E-state index contributed by atoms with van der Waals surface area (Å²) in [6, 6.07) is 0.261. The number of imidazole rings is 1. The molecule has 1 N–H and O–H groups in total. The molecule has 92 valence electrons. The third kappa shape index (κ3) is 2.92. The van der Waals surface area contributed by atoms with E-state index in [1.807, 2.05) is 12.5 Å². The molecule has 0 bridgehead atoms. The smallest absolute Gasteiger partial charge is 0.115 e. The van der Waals surface area contributed by atoms with Crippen molar-refractivity contribution in [1.82, 2.24) is 19.9 Å². The molecule has 0 aliphatic rings. The molecule has 1 atom stereocenters. The van der Waals surface area contributed by atoms with Crippen LogP contribution >= 0.6 is 11.3 Å². The molecular formula is C12H18N4S. The largest absolute Gasteiger partial charge is 0.327 e. The lowest BCUT2D eigenvalue weighted by Gasteiger charge is -2.08. The standard InChI is InChI=1S/C12H18N4S/c1-4-13-6-11-7-16(8-15-11)10(3)12-14-5-9(2)17-12/h5,7-8,10,13H,4,6H2,1-3H3. The van der Waals surface area contributed by atoms with Gasteiger partial charge in [0.25, 0.3) is 0 Å². The molecule has 2 aromatic rings. The van der Waals surface area contributed by atoms with Crippen LogP contribution in [0.2, 0.25) is 0 Å². The zero-order valence-electron chi connectivity index (χ0n) is 10.5. The Kier molecular flexibility index (Phi) is 3.91. The van der Waals surface area contributed by atoms with Gasteiger partial charge in [0.15, 0.2) is 0 Å². The summed E-state index contributed by atoms with van der Waals surface area (Å²) in [4.78, 5) is 10.1. The van der Waals surface area contributed by atoms with E-state index in [0.29, 0.717) is 0 Å². The van der Waals surface area contributed by atoms with Crippen LogP contribution in [0, 0.1) is 6.92 Å². The summed E-state index contributed by atoms with van der Waals surface area (Å²) < 4.78 is 2.12. The number of nitrogens with one attached hydrogen (secondary N) is 1. The van der Waals surface area contributed by atoms with Crippen molar-refractivity contribution in [3.8, 4) is 0 Å². The third-order valence-electron chi connectivity index (χ3n) is 2.65. The van der Waals surface area contributed by atoms with Crippen molar-refractivity contribution in [2.45, 2.75) is 33.4 Å². The van der Waals surface area contributed by atoms with E-state index in [4.69, 9.17) is 0 Å². The maximum absolute atomic E-state index is 4.42. The van der Waals surface area contributed by atoms with E-state index in [1.165, 1.54) is 4.88 Å². The van der Waals surface area contributed by atoms with Crippen LogP contribution in [-0.2, 0) is 6.54 Å². The van der Waals surface area contributed by atoms with E-state index in [2.05, 4.69) is 46.8 Å². The van der Waals surface area contributed by atoms with Crippen LogP contribution in [-0.4, -0.2) is 21.1 Å². The summed E-state index contributed by atoms with van der Waals surface area (Å²) in [7, 11) is 0. The van der Waals surface area contributed by atoms with Gasteiger partial charge in [0, 0.05) is 23.8 Å². The Morgan fingerprint density at radius 1 is 1.47 bits per heavy atom. The fourth-order valence-corrected chi connectivity index (χ4v) is 2.46. The fourth-order valence-electron chi connectivity index (χ4n) is 1.63. The first-order valence-corrected chi connectivity index (χ1v) is 6.67. The molecule has 2 aromatic heterocycles. The van der Waals surface area contributed by atoms with E-state index >= 15 is 0 Å². The number of aryl methyl sites for hydroxylation is 1. The van der Waals surface area contributed by atoms with Gasteiger partial charge in [-0.2, -0.15) is 0 Å². The van der Waals surface area contributed by atoms with Crippen molar-refractivity contribution < 1.29 is 0 Å². The maximum Gasteiger partial charge on any atom is 0.115 e. The molecule has 0 saturated heterocycles. The van der Waals surface area contributed by atoms with Gasteiger partial charge in [-0.3, -0.25) is 0 Å². The van der Waals surface area contributed by atoms with Crippen molar-refractivity contribution in [3.63, 3.8) is 0 Å². The first-order chi connectivity index (χ1) is 8.20. The topological polar surface area (TPSA) is 42.7 Å². The zero-order valence-corrected chi connectivity index (χ0v) is 11.3. The quantitative estimate of drug-likeness (QED) is 0.886. The van der Waals surface area contributed by atoms with E-state index in [0.717, 1.165) is 23.8 Å². The highest BCUT2D eigenvalue weighted by Crippen LogP contribution is 2.22. The molecule has 0 aromatic carbocycles. The van der Waals surface area contributed by atoms with Crippen LogP contribution in [0.15, 0.2) is 18.7 Å². The minimum Gasteiger partial charge on any atom is -0.327 e. The Balaban J connectivity index is 2.09. The van der Waals surface area contributed by atoms with Crippen LogP contribution in [0.5, 0.6) is 0 Å². The molecule has 17 heavy (non-hydrogen) atoms. The van der Waals surface area contributed by atoms with Crippen molar-refractivity contribution in [2.75, 3.05) is 6.54 Å². The van der Waals surface area contributed by atoms with E-state index in [-0.39, 0.29) is 6.04 Å². The first kappa shape index (κ1) is 12.3. The summed E-state index contributed by atoms with van der Waals surface area (Å²) in [5.41, 5.74) is 1.08. The lowest BCUT2D eigenvalue weighted by Crippen LogP contribution is -2.12. The van der Waals surface area contributed by atoms with Gasteiger partial charge in [0.1, 0.15) is 5.01 Å². The van der Waals surface area contributed by atoms with E-state index < -0.39 is 0 Å². The second-order valence-electron chi connectivity index (χ2n) is 4.08. The Hall–Kier alpha value is -1.20. The van der Waals surface area contributed by atoms with Crippen molar-refractivity contribution in [2.24, 2.45) is 0 Å². The van der Waals surface area contributed by atoms with Crippen molar-refractivity contribution in [3.05, 3.63) is 34.3 Å². The fraction of sp³-hybridized carbons (Fsp3) is 0.500. The van der Waals surface area contributed by atoms with Crippen LogP contribution in [0.3, 0.4) is 0 Å². The monoisotopic (exact) mass is 250 g/mol. The average molecular weight is 250 g/mol. The number of hydrogen-bond donors (Lipinski definition) is 1. The normalized spacial score (nSPS) is 12.9. The zero-order chi connectivity index (χ0) is 12.3. The summed E-state index contributed by atoms with van der Waals surface area (Å²) in [5.74, 6) is 0. The highest BCUT2D eigenvalue weighted by molar-refractivity contribution is 7.11. The molecule has 4 nitrogen and oxygen atoms in total. The lowest BCUT2D eigenvalue weighted by atomic mass is 10.3. The predicted octanol–water partition coefficient (Wildman–Crippen LogP) is 2.37. The molecule has 0 saturated carbocycles. The first-order valence-electron chi connectivity index (χ1n) is 5.86. The van der Waals surface area contributed by atoms with E-state index in [1.54, 1.807) is 11.3 Å². The second-order valence-corrected chi connectivity index (χ2v) is 5.34. The molecule has 0 spiro atoms. The molecule has 1 unspecified atom stereocenters. The SMILES string of the molecule is CCNCc1cn(C(C)c2ncc(C)s2)cn1. The molecule has 0 radical (unpaired) electrons. The molecule has 0 aliphatic carbocycles. The Bertz CT molecular complexity index is 474. The third-order valence-corrected chi connectivity index (χ3v) is 3.74. The molecule has 5 heteroatoms. The van der Waals surface area contributed by atoms with Gasteiger partial charge in [-0.1, -0.05) is 6.92 Å². The Morgan fingerprint density at radius 3 is 2.94 bits per heavy atom. The second kappa shape index (κ2) is 5.42. The van der Waals surface area contributed by atoms with Crippen molar-refractivity contribution in [1.29, 1.82) is 0 Å². The van der Waals surface area contributed by atoms with Gasteiger partial charge >= 0.3 is 0 Å². The molecule has 2 rings (SSSR count). The number of thiazole rings is 1. The van der Waals surface area contributed by atoms with Gasteiger partial charge in [0.05, 0.1) is 18.1 Å². The van der Waals surface area contributed by atoms with Crippen LogP contribution in [0.4, 0.5) is 0 Å². The summed E-state index contributed by atoms with van der Waals surface area (Å²) in [6.07, 6.45) is 5.89. The Morgan fingerprint density at radius 2 is 2.29 bits per heavy atom. The Labute approximate surface area is 106 Å². The van der Waals surface area contributed by atoms with Gasteiger partial charge in [-0.15, -0.1) is 11.3 Å². The highest BCUT2D eigenvalue weighted by Gasteiger charge is 2.11. The van der Waals surface area contributed by atoms with E-state index in [9.17, 15) is 0 Å². The molecule has 2 heterocycles. The predicted molar refractivity (Wildman–Crippen MR) is 70.3 cm³/mol. The molecule has 0 aliphatic heterocycles. The van der Waals surface area contributed by atoms with Gasteiger partial charge in [-0.05, 0) is 20.4 Å². The number of nitrogens with zero attached hydrogens (tertiary/aromatic N) is 3. The summed E-state index contributed by atoms with van der Waals surface area (Å²) in [5, 5.41) is 4.41. The van der Waals surface area contributed by atoms with Crippen LogP contribution in [0.1, 0.15) is 35.5 Å². The minimum atomic E-state index is 0.261. The minimum absolute atomic E-state index is 0.261. The van der Waals surface area contributed by atoms with Crippen molar-refractivity contribution >= 4 is 11.3 Å². The molecule has 0 fully saturated rings. The van der Waals surface area contributed by atoms with Gasteiger partial charge in [-0.25, -0.2) is 9.97 Å². The lowest BCUT2D eigenvalue weighted by molar-refractivity contribution is 0.632. The summed E-state index contributed by atoms with van der Waals surface area (Å²) in [6.45, 7) is 8.12. The molecule has 0 amide bonds. The number of aromatic nitrogens is 3. The number of hydrogen-bond acceptors (Lipinski definition) is 4. The van der Waals surface area contributed by atoms with Gasteiger partial charge in [0.2, 0.25) is 0 Å². The summed E-state index contributed by atoms with van der Waals surface area (Å²) >= 11 is 1.74. The number of rotatable bonds is 5. The van der Waals surface area contributed by atoms with Gasteiger partial charge < -0.3 is 9.88 Å². The van der Waals surface area contributed by atoms with Crippen LogP contribution in [0.25, 0.3) is 0 Å².